The van der Waals surface area contributed by atoms with Crippen LogP contribution in [0.3, 0.4) is 0 Å². The highest BCUT2D eigenvalue weighted by molar-refractivity contribution is 5.51. The standard InChI is InChI=1S/C13H11F7O/c1-2-9-5-3-4-6-10(9)7-21-8-11(14,15)12(16,17)13(18,19)20/h2-6H,1,7-8H2. The van der Waals surface area contributed by atoms with E-state index in [1.807, 2.05) is 0 Å². The summed E-state index contributed by atoms with van der Waals surface area (Å²) in [4.78, 5) is 0. The second-order valence-corrected chi connectivity index (χ2v) is 4.17. The molecule has 0 atom stereocenters. The maximum absolute atomic E-state index is 13.0. The van der Waals surface area contributed by atoms with Crippen LogP contribution in [-0.2, 0) is 11.3 Å². The monoisotopic (exact) mass is 316 g/mol. The highest BCUT2D eigenvalue weighted by Gasteiger charge is 2.72. The Bertz CT molecular complexity index is 494. The largest absolute Gasteiger partial charge is 0.459 e. The fourth-order valence-electron chi connectivity index (χ4n) is 1.45. The molecule has 0 saturated carbocycles. The Balaban J connectivity index is 2.73. The van der Waals surface area contributed by atoms with E-state index >= 15 is 0 Å². The smallest absolute Gasteiger partial charge is 0.370 e. The van der Waals surface area contributed by atoms with Crippen molar-refractivity contribution in [3.63, 3.8) is 0 Å². The van der Waals surface area contributed by atoms with Crippen molar-refractivity contribution in [2.45, 2.75) is 24.6 Å². The third-order valence-corrected chi connectivity index (χ3v) is 2.63. The van der Waals surface area contributed by atoms with E-state index in [1.165, 1.54) is 18.2 Å². The van der Waals surface area contributed by atoms with E-state index in [9.17, 15) is 30.7 Å². The summed E-state index contributed by atoms with van der Waals surface area (Å²) < 4.78 is 91.2. The number of hydrogen-bond acceptors (Lipinski definition) is 1. The van der Waals surface area contributed by atoms with Gasteiger partial charge < -0.3 is 4.74 Å². The molecule has 0 aliphatic heterocycles. The van der Waals surface area contributed by atoms with Crippen molar-refractivity contribution in [2.24, 2.45) is 0 Å². The van der Waals surface area contributed by atoms with Crippen LogP contribution in [0.25, 0.3) is 6.08 Å². The zero-order valence-corrected chi connectivity index (χ0v) is 10.6. The zero-order valence-electron chi connectivity index (χ0n) is 10.6. The van der Waals surface area contributed by atoms with E-state index in [2.05, 4.69) is 11.3 Å². The quantitative estimate of drug-likeness (QED) is 0.693. The van der Waals surface area contributed by atoms with Gasteiger partial charge in [0.1, 0.15) is 6.61 Å². The van der Waals surface area contributed by atoms with Crippen molar-refractivity contribution in [3.8, 4) is 0 Å². The van der Waals surface area contributed by atoms with Crippen molar-refractivity contribution in [1.29, 1.82) is 0 Å². The van der Waals surface area contributed by atoms with Crippen molar-refractivity contribution in [1.82, 2.24) is 0 Å². The molecule has 21 heavy (non-hydrogen) atoms. The summed E-state index contributed by atoms with van der Waals surface area (Å²) in [6, 6.07) is 6.17. The first kappa shape index (κ1) is 17.5. The molecule has 118 valence electrons. The van der Waals surface area contributed by atoms with Gasteiger partial charge in [0, 0.05) is 0 Å². The van der Waals surface area contributed by atoms with E-state index in [0.29, 0.717) is 11.1 Å². The second kappa shape index (κ2) is 6.05. The zero-order chi connectivity index (χ0) is 16.3. The van der Waals surface area contributed by atoms with E-state index in [4.69, 9.17) is 0 Å². The Labute approximate surface area is 116 Å². The average molecular weight is 316 g/mol. The van der Waals surface area contributed by atoms with Gasteiger partial charge in [-0.3, -0.25) is 0 Å². The van der Waals surface area contributed by atoms with Crippen LogP contribution in [0.15, 0.2) is 30.8 Å². The molecule has 0 bridgehead atoms. The van der Waals surface area contributed by atoms with Crippen molar-refractivity contribution in [3.05, 3.63) is 42.0 Å². The predicted molar refractivity (Wildman–Crippen MR) is 62.1 cm³/mol. The lowest BCUT2D eigenvalue weighted by Crippen LogP contribution is -2.54. The molecule has 0 heterocycles. The number of alkyl halides is 7. The first-order valence-electron chi connectivity index (χ1n) is 5.63. The normalized spacial score (nSPS) is 13.3. The van der Waals surface area contributed by atoms with Crippen LogP contribution in [0.5, 0.6) is 0 Å². The topological polar surface area (TPSA) is 9.23 Å². The van der Waals surface area contributed by atoms with E-state index in [-0.39, 0.29) is 0 Å². The number of hydrogen-bond donors (Lipinski definition) is 0. The minimum atomic E-state index is -6.35. The minimum absolute atomic E-state index is 0.346. The number of halogens is 7. The fourth-order valence-corrected chi connectivity index (χ4v) is 1.45. The molecule has 1 rings (SSSR count). The van der Waals surface area contributed by atoms with Crippen LogP contribution < -0.4 is 0 Å². The Morgan fingerprint density at radius 1 is 1.00 bits per heavy atom. The minimum Gasteiger partial charge on any atom is -0.370 e. The van der Waals surface area contributed by atoms with Crippen molar-refractivity contribution < 1.29 is 35.5 Å². The van der Waals surface area contributed by atoms with E-state index < -0.39 is 31.2 Å². The Morgan fingerprint density at radius 3 is 2.10 bits per heavy atom. The van der Waals surface area contributed by atoms with Crippen LogP contribution in [0.4, 0.5) is 30.7 Å². The molecule has 0 aromatic heterocycles. The first-order valence-corrected chi connectivity index (χ1v) is 5.63. The molecule has 0 amide bonds. The number of ether oxygens (including phenoxy) is 1. The van der Waals surface area contributed by atoms with Gasteiger partial charge in [-0.25, -0.2) is 0 Å². The Kier molecular flexibility index (Phi) is 5.03. The van der Waals surface area contributed by atoms with Gasteiger partial charge in [-0.1, -0.05) is 36.9 Å². The maximum Gasteiger partial charge on any atom is 0.459 e. The van der Waals surface area contributed by atoms with Gasteiger partial charge in [0.2, 0.25) is 0 Å². The highest BCUT2D eigenvalue weighted by Crippen LogP contribution is 2.46. The fraction of sp³-hybridized carbons (Fsp3) is 0.385. The highest BCUT2D eigenvalue weighted by atomic mass is 19.4. The Hall–Kier alpha value is -1.57. The van der Waals surface area contributed by atoms with Gasteiger partial charge in [-0.05, 0) is 11.1 Å². The predicted octanol–water partition coefficient (Wildman–Crippen LogP) is 4.68. The number of rotatable bonds is 6. The van der Waals surface area contributed by atoms with Crippen LogP contribution in [-0.4, -0.2) is 24.6 Å². The molecule has 1 aromatic rings. The molecule has 0 unspecified atom stereocenters. The first-order chi connectivity index (χ1) is 9.53. The maximum atomic E-state index is 13.0. The lowest BCUT2D eigenvalue weighted by atomic mass is 10.1. The summed E-state index contributed by atoms with van der Waals surface area (Å²) in [6.07, 6.45) is -4.97. The summed E-state index contributed by atoms with van der Waals surface area (Å²) in [5.74, 6) is -11.5. The van der Waals surface area contributed by atoms with Gasteiger partial charge in [-0.2, -0.15) is 30.7 Å². The Morgan fingerprint density at radius 2 is 1.57 bits per heavy atom. The van der Waals surface area contributed by atoms with Gasteiger partial charge in [0.05, 0.1) is 6.61 Å². The number of benzene rings is 1. The lowest BCUT2D eigenvalue weighted by molar-refractivity contribution is -0.361. The van der Waals surface area contributed by atoms with Crippen LogP contribution in [0, 0.1) is 0 Å². The van der Waals surface area contributed by atoms with Crippen molar-refractivity contribution >= 4 is 6.08 Å². The molecule has 1 aromatic carbocycles. The molecule has 0 aliphatic rings. The van der Waals surface area contributed by atoms with Gasteiger partial charge in [0.15, 0.2) is 0 Å². The molecule has 0 saturated heterocycles. The summed E-state index contributed by atoms with van der Waals surface area (Å²) in [5.41, 5.74) is 0.849. The molecule has 0 radical (unpaired) electrons. The second-order valence-electron chi connectivity index (χ2n) is 4.17. The van der Waals surface area contributed by atoms with E-state index in [0.717, 1.165) is 0 Å². The molecule has 0 fully saturated rings. The molecule has 1 nitrogen and oxygen atoms in total. The molecule has 0 N–H and O–H groups in total. The lowest BCUT2D eigenvalue weighted by Gasteiger charge is -2.27. The van der Waals surface area contributed by atoms with Gasteiger partial charge >= 0.3 is 18.0 Å². The van der Waals surface area contributed by atoms with Gasteiger partial charge in [-0.15, -0.1) is 0 Å². The third kappa shape index (κ3) is 3.75. The molecule has 8 heteroatoms. The van der Waals surface area contributed by atoms with Crippen LogP contribution in [0.2, 0.25) is 0 Å². The molecule has 0 aliphatic carbocycles. The molecular formula is C13H11F7O. The van der Waals surface area contributed by atoms with E-state index in [1.54, 1.807) is 12.1 Å². The summed E-state index contributed by atoms with van der Waals surface area (Å²) in [5, 5.41) is 0. The summed E-state index contributed by atoms with van der Waals surface area (Å²) in [7, 11) is 0. The average Bonchev–Trinajstić information content (AvgIpc) is 2.37. The molecule has 0 spiro atoms. The summed E-state index contributed by atoms with van der Waals surface area (Å²) >= 11 is 0. The molecular weight excluding hydrogens is 305 g/mol. The van der Waals surface area contributed by atoms with Crippen LogP contribution >= 0.6 is 0 Å². The van der Waals surface area contributed by atoms with Crippen LogP contribution in [0.1, 0.15) is 11.1 Å². The third-order valence-electron chi connectivity index (χ3n) is 2.63. The van der Waals surface area contributed by atoms with Crippen molar-refractivity contribution in [2.75, 3.05) is 6.61 Å². The van der Waals surface area contributed by atoms with Gasteiger partial charge in [0.25, 0.3) is 0 Å². The SMILES string of the molecule is C=Cc1ccccc1COCC(F)(F)C(F)(F)C(F)(F)F. The summed E-state index contributed by atoms with van der Waals surface area (Å²) in [6.45, 7) is 0.861.